The second-order valence-corrected chi connectivity index (χ2v) is 7.07. The fourth-order valence-corrected chi connectivity index (χ4v) is 3.29. The molecular weight excluding hydrogens is 304 g/mol. The Morgan fingerprint density at radius 3 is 2.35 bits per heavy atom. The van der Waals surface area contributed by atoms with Crippen LogP contribution in [0.25, 0.3) is 0 Å². The van der Waals surface area contributed by atoms with Crippen LogP contribution in [0.5, 0.6) is 0 Å². The van der Waals surface area contributed by atoms with E-state index >= 15 is 0 Å². The Hall–Kier alpha value is -1.65. The maximum Gasteiger partial charge on any atom is 0.237 e. The van der Waals surface area contributed by atoms with Crippen molar-refractivity contribution in [3.8, 4) is 0 Å². The van der Waals surface area contributed by atoms with Gasteiger partial charge in [0.15, 0.2) is 0 Å². The molecule has 2 atom stereocenters. The van der Waals surface area contributed by atoms with E-state index in [2.05, 4.69) is 53.3 Å². The molecule has 23 heavy (non-hydrogen) atoms. The van der Waals surface area contributed by atoms with Crippen molar-refractivity contribution in [2.45, 2.75) is 52.2 Å². The summed E-state index contributed by atoms with van der Waals surface area (Å²) in [5.74, 6) is 0.0340. The SMILES string of the molecule is CCc1ccc([C@H](N[C@@H](C)C(=O)NC(C)C)c2cccs2)cc1. The highest BCUT2D eigenvalue weighted by molar-refractivity contribution is 7.10. The number of hydrogen-bond donors (Lipinski definition) is 2. The average Bonchev–Trinajstić information content (AvgIpc) is 3.06. The lowest BCUT2D eigenvalue weighted by molar-refractivity contribution is -0.123. The van der Waals surface area contributed by atoms with Gasteiger partial charge >= 0.3 is 0 Å². The summed E-state index contributed by atoms with van der Waals surface area (Å²) in [6.45, 7) is 8.02. The highest BCUT2D eigenvalue weighted by atomic mass is 32.1. The molecule has 0 fully saturated rings. The van der Waals surface area contributed by atoms with E-state index in [1.807, 2.05) is 26.8 Å². The minimum atomic E-state index is -0.254. The van der Waals surface area contributed by atoms with Crippen LogP contribution in [0, 0.1) is 0 Å². The van der Waals surface area contributed by atoms with Crippen LogP contribution in [0.3, 0.4) is 0 Å². The molecule has 124 valence electrons. The van der Waals surface area contributed by atoms with Crippen molar-refractivity contribution in [1.82, 2.24) is 10.6 Å². The highest BCUT2D eigenvalue weighted by Crippen LogP contribution is 2.27. The van der Waals surface area contributed by atoms with Gasteiger partial charge in [-0.25, -0.2) is 0 Å². The smallest absolute Gasteiger partial charge is 0.237 e. The molecule has 0 saturated carbocycles. The first kappa shape index (κ1) is 17.7. The fraction of sp³-hybridized carbons (Fsp3) is 0.421. The van der Waals surface area contributed by atoms with Gasteiger partial charge in [0.05, 0.1) is 12.1 Å². The molecule has 1 aromatic carbocycles. The monoisotopic (exact) mass is 330 g/mol. The van der Waals surface area contributed by atoms with Crippen LogP contribution < -0.4 is 10.6 Å². The highest BCUT2D eigenvalue weighted by Gasteiger charge is 2.21. The van der Waals surface area contributed by atoms with Gasteiger partial charge in [-0.1, -0.05) is 37.3 Å². The standard InChI is InChI=1S/C19H26N2OS/c1-5-15-8-10-16(11-9-15)18(17-7-6-12-23-17)21-14(4)19(22)20-13(2)3/h6-14,18,21H,5H2,1-4H3,(H,20,22)/t14-,18-/m0/s1. The van der Waals surface area contributed by atoms with Crippen LogP contribution in [0.15, 0.2) is 41.8 Å². The van der Waals surface area contributed by atoms with Crippen LogP contribution in [0.2, 0.25) is 0 Å². The maximum atomic E-state index is 12.2. The van der Waals surface area contributed by atoms with E-state index in [4.69, 9.17) is 0 Å². The molecule has 0 bridgehead atoms. The molecule has 3 nitrogen and oxygen atoms in total. The van der Waals surface area contributed by atoms with Crippen LogP contribution in [-0.4, -0.2) is 18.0 Å². The van der Waals surface area contributed by atoms with Crippen molar-refractivity contribution in [2.24, 2.45) is 0 Å². The molecule has 2 N–H and O–H groups in total. The second kappa shape index (κ2) is 8.27. The van der Waals surface area contributed by atoms with Gasteiger partial charge in [0.1, 0.15) is 0 Å². The Morgan fingerprint density at radius 1 is 1.13 bits per heavy atom. The summed E-state index contributed by atoms with van der Waals surface area (Å²) >= 11 is 1.71. The summed E-state index contributed by atoms with van der Waals surface area (Å²) in [5.41, 5.74) is 2.51. The first-order valence-corrected chi connectivity index (χ1v) is 9.08. The van der Waals surface area contributed by atoms with Crippen molar-refractivity contribution in [3.63, 3.8) is 0 Å². The fourth-order valence-electron chi connectivity index (χ4n) is 2.48. The Labute approximate surface area is 143 Å². The van der Waals surface area contributed by atoms with E-state index in [-0.39, 0.29) is 24.0 Å². The topological polar surface area (TPSA) is 41.1 Å². The van der Waals surface area contributed by atoms with Gasteiger partial charge in [-0.05, 0) is 49.8 Å². The van der Waals surface area contributed by atoms with E-state index in [9.17, 15) is 4.79 Å². The van der Waals surface area contributed by atoms with Gasteiger partial charge in [0.25, 0.3) is 0 Å². The molecule has 0 saturated heterocycles. The van der Waals surface area contributed by atoms with E-state index in [0.717, 1.165) is 6.42 Å². The van der Waals surface area contributed by atoms with Crippen LogP contribution in [0.4, 0.5) is 0 Å². The van der Waals surface area contributed by atoms with E-state index < -0.39 is 0 Å². The number of hydrogen-bond acceptors (Lipinski definition) is 3. The summed E-state index contributed by atoms with van der Waals surface area (Å²) < 4.78 is 0. The van der Waals surface area contributed by atoms with Crippen molar-refractivity contribution in [1.29, 1.82) is 0 Å². The zero-order chi connectivity index (χ0) is 16.8. The molecule has 0 aliphatic rings. The Bertz CT molecular complexity index is 605. The number of nitrogens with one attached hydrogen (secondary N) is 2. The Morgan fingerprint density at radius 2 is 1.83 bits per heavy atom. The predicted octanol–water partition coefficient (Wildman–Crippen LogP) is 3.90. The average molecular weight is 330 g/mol. The lowest BCUT2D eigenvalue weighted by atomic mass is 10.0. The van der Waals surface area contributed by atoms with Gasteiger partial charge in [-0.2, -0.15) is 0 Å². The second-order valence-electron chi connectivity index (χ2n) is 6.10. The third kappa shape index (κ3) is 4.91. The van der Waals surface area contributed by atoms with Gasteiger partial charge in [0, 0.05) is 10.9 Å². The zero-order valence-electron chi connectivity index (χ0n) is 14.3. The quantitative estimate of drug-likeness (QED) is 0.808. The van der Waals surface area contributed by atoms with Gasteiger partial charge in [-0.15, -0.1) is 11.3 Å². The minimum absolute atomic E-state index is 0.0340. The molecule has 2 aromatic rings. The van der Waals surface area contributed by atoms with Gasteiger partial charge < -0.3 is 5.32 Å². The van der Waals surface area contributed by atoms with Crippen molar-refractivity contribution in [3.05, 3.63) is 57.8 Å². The van der Waals surface area contributed by atoms with E-state index in [1.54, 1.807) is 11.3 Å². The third-order valence-corrected chi connectivity index (χ3v) is 4.73. The molecule has 0 spiro atoms. The van der Waals surface area contributed by atoms with Crippen LogP contribution in [-0.2, 0) is 11.2 Å². The zero-order valence-corrected chi connectivity index (χ0v) is 15.1. The Balaban J connectivity index is 2.19. The molecule has 0 unspecified atom stereocenters. The minimum Gasteiger partial charge on any atom is -0.353 e. The van der Waals surface area contributed by atoms with Gasteiger partial charge in [0.2, 0.25) is 5.91 Å². The number of thiophene rings is 1. The first-order valence-electron chi connectivity index (χ1n) is 8.20. The summed E-state index contributed by atoms with van der Waals surface area (Å²) in [4.78, 5) is 13.4. The number of carbonyl (C=O) groups excluding carboxylic acids is 1. The number of amides is 1. The molecule has 0 aliphatic heterocycles. The van der Waals surface area contributed by atoms with Gasteiger partial charge in [-0.3, -0.25) is 10.1 Å². The molecule has 4 heteroatoms. The number of aryl methyl sites for hydroxylation is 1. The molecular formula is C19H26N2OS. The molecule has 1 aromatic heterocycles. The largest absolute Gasteiger partial charge is 0.353 e. The molecule has 0 radical (unpaired) electrons. The number of benzene rings is 1. The summed E-state index contributed by atoms with van der Waals surface area (Å²) in [6.07, 6.45) is 1.03. The third-order valence-electron chi connectivity index (χ3n) is 3.79. The van der Waals surface area contributed by atoms with Crippen molar-refractivity contribution in [2.75, 3.05) is 0 Å². The molecule has 1 amide bonds. The molecule has 1 heterocycles. The normalized spacial score (nSPS) is 13.8. The number of rotatable bonds is 7. The van der Waals surface area contributed by atoms with Crippen molar-refractivity contribution < 1.29 is 4.79 Å². The lowest BCUT2D eigenvalue weighted by Gasteiger charge is -2.23. The predicted molar refractivity (Wildman–Crippen MR) is 97.9 cm³/mol. The maximum absolute atomic E-state index is 12.2. The molecule has 2 rings (SSSR count). The lowest BCUT2D eigenvalue weighted by Crippen LogP contribution is -2.45. The van der Waals surface area contributed by atoms with Crippen LogP contribution >= 0.6 is 11.3 Å². The first-order chi connectivity index (χ1) is 11.0. The Kier molecular flexibility index (Phi) is 6.37. The summed E-state index contributed by atoms with van der Waals surface area (Å²) in [5, 5.41) is 8.51. The number of carbonyl (C=O) groups is 1. The van der Waals surface area contributed by atoms with Crippen molar-refractivity contribution >= 4 is 17.2 Å². The summed E-state index contributed by atoms with van der Waals surface area (Å²) in [7, 11) is 0. The molecule has 0 aliphatic carbocycles. The summed E-state index contributed by atoms with van der Waals surface area (Å²) in [6, 6.07) is 12.7. The van der Waals surface area contributed by atoms with E-state index in [1.165, 1.54) is 16.0 Å². The van der Waals surface area contributed by atoms with E-state index in [0.29, 0.717) is 0 Å². The van der Waals surface area contributed by atoms with Crippen LogP contribution in [0.1, 0.15) is 49.7 Å².